The highest BCUT2D eigenvalue weighted by Gasteiger charge is 2.32. The van der Waals surface area contributed by atoms with Gasteiger partial charge in [0, 0.05) is 40.0 Å². The molecule has 2 aromatic carbocycles. The zero-order chi connectivity index (χ0) is 27.1. The average molecular weight is 550 g/mol. The summed E-state index contributed by atoms with van der Waals surface area (Å²) < 4.78 is 2.54. The maximum absolute atomic E-state index is 13.8. The van der Waals surface area contributed by atoms with Crippen LogP contribution >= 0.6 is 22.9 Å². The number of rotatable bonds is 5. The Morgan fingerprint density at radius 1 is 1.13 bits per heavy atom. The van der Waals surface area contributed by atoms with Crippen molar-refractivity contribution in [2.75, 3.05) is 12.4 Å². The summed E-state index contributed by atoms with van der Waals surface area (Å²) in [5.74, 6) is 0.109. The first-order chi connectivity index (χ1) is 18.2. The number of carbonyl (C=O) groups excluding carboxylic acids is 2. The smallest absolute Gasteiger partial charge is 0.264 e. The van der Waals surface area contributed by atoms with Gasteiger partial charge in [0.1, 0.15) is 0 Å². The first-order valence-corrected chi connectivity index (χ1v) is 13.6. The fourth-order valence-electron chi connectivity index (χ4n) is 4.69. The van der Waals surface area contributed by atoms with Crippen molar-refractivity contribution < 1.29 is 9.59 Å². The van der Waals surface area contributed by atoms with E-state index in [0.717, 1.165) is 10.1 Å². The number of benzene rings is 2. The van der Waals surface area contributed by atoms with Crippen LogP contribution in [0.1, 0.15) is 52.1 Å². The minimum Gasteiger partial charge on any atom is -0.355 e. The summed E-state index contributed by atoms with van der Waals surface area (Å²) in [6.07, 6.45) is 0.391. The fourth-order valence-corrected chi connectivity index (χ4v) is 5.87. The lowest BCUT2D eigenvalue weighted by Gasteiger charge is -2.34. The van der Waals surface area contributed by atoms with Gasteiger partial charge in [0.2, 0.25) is 5.95 Å². The molecule has 0 bridgehead atoms. The molecule has 0 radical (unpaired) electrons. The molecule has 3 heterocycles. The summed E-state index contributed by atoms with van der Waals surface area (Å²) in [7, 11) is 1.57. The Labute approximate surface area is 229 Å². The van der Waals surface area contributed by atoms with Gasteiger partial charge in [-0.05, 0) is 81.1 Å². The van der Waals surface area contributed by atoms with Crippen molar-refractivity contribution in [2.45, 2.75) is 45.8 Å². The van der Waals surface area contributed by atoms with Crippen molar-refractivity contribution in [1.29, 1.82) is 0 Å². The third-order valence-corrected chi connectivity index (χ3v) is 7.94. The van der Waals surface area contributed by atoms with Gasteiger partial charge in [-0.25, -0.2) is 9.55 Å². The number of amides is 2. The minimum atomic E-state index is -0.201. The Kier molecular flexibility index (Phi) is 6.98. The number of nitrogens with one attached hydrogen (secondary N) is 2. The van der Waals surface area contributed by atoms with Crippen LogP contribution in [0.25, 0.3) is 15.8 Å². The largest absolute Gasteiger partial charge is 0.355 e. The van der Waals surface area contributed by atoms with E-state index in [0.29, 0.717) is 44.8 Å². The van der Waals surface area contributed by atoms with Gasteiger partial charge >= 0.3 is 0 Å². The first kappa shape index (κ1) is 25.9. The van der Waals surface area contributed by atoms with Crippen LogP contribution in [0.15, 0.2) is 53.3 Å². The number of fused-ring (bicyclic) bond motifs is 2. The molecule has 0 aliphatic carbocycles. The molecule has 5 rings (SSSR count). The third kappa shape index (κ3) is 4.79. The third-order valence-electron chi connectivity index (χ3n) is 6.60. The molecule has 2 amide bonds. The number of thiophene rings is 1. The van der Waals surface area contributed by atoms with E-state index in [1.165, 1.54) is 11.3 Å². The van der Waals surface area contributed by atoms with Crippen molar-refractivity contribution in [3.05, 3.63) is 85.6 Å². The Bertz CT molecular complexity index is 1610. The lowest BCUT2D eigenvalue weighted by molar-refractivity contribution is 0.0658. The molecule has 1 aliphatic heterocycles. The number of anilines is 1. The van der Waals surface area contributed by atoms with Gasteiger partial charge in [-0.3, -0.25) is 14.4 Å². The van der Waals surface area contributed by atoms with Crippen molar-refractivity contribution in [3.8, 4) is 5.69 Å². The van der Waals surface area contributed by atoms with E-state index >= 15 is 0 Å². The molecule has 1 atom stereocenters. The summed E-state index contributed by atoms with van der Waals surface area (Å²) in [5, 5.41) is 7.44. The van der Waals surface area contributed by atoms with Gasteiger partial charge in [0.25, 0.3) is 17.4 Å². The first-order valence-electron chi connectivity index (χ1n) is 12.4. The van der Waals surface area contributed by atoms with Gasteiger partial charge in [-0.1, -0.05) is 11.6 Å². The van der Waals surface area contributed by atoms with Gasteiger partial charge in [-0.15, -0.1) is 11.3 Å². The van der Waals surface area contributed by atoms with Crippen LogP contribution in [0, 0.1) is 0 Å². The second-order valence-corrected chi connectivity index (χ2v) is 11.2. The summed E-state index contributed by atoms with van der Waals surface area (Å²) in [6, 6.07) is 14.1. The predicted octanol–water partition coefficient (Wildman–Crippen LogP) is 4.87. The Morgan fingerprint density at radius 3 is 2.55 bits per heavy atom. The maximum atomic E-state index is 13.8. The van der Waals surface area contributed by atoms with E-state index in [1.807, 2.05) is 45.0 Å². The molecule has 0 saturated heterocycles. The highest BCUT2D eigenvalue weighted by molar-refractivity contribution is 7.20. The second-order valence-electron chi connectivity index (χ2n) is 9.71. The zero-order valence-electron chi connectivity index (χ0n) is 21.5. The quantitative estimate of drug-likeness (QED) is 0.370. The molecule has 10 heteroatoms. The second kappa shape index (κ2) is 10.2. The SMILES string of the molecule is CNC(=O)c1ccc(-n2c(NC(C)C)nc3c(c2=O)C[C@@H](C)N(C(=O)c2cc4cc(Cl)ccc4s2)C3)cc1. The van der Waals surface area contributed by atoms with Crippen molar-refractivity contribution in [3.63, 3.8) is 0 Å². The topological polar surface area (TPSA) is 96.3 Å². The molecule has 38 heavy (non-hydrogen) atoms. The maximum Gasteiger partial charge on any atom is 0.264 e. The number of carbonyl (C=O) groups is 2. The van der Waals surface area contributed by atoms with Crippen molar-refractivity contribution in [1.82, 2.24) is 19.8 Å². The predicted molar refractivity (Wildman–Crippen MR) is 152 cm³/mol. The van der Waals surface area contributed by atoms with Gasteiger partial charge in [-0.2, -0.15) is 0 Å². The molecule has 0 saturated carbocycles. The van der Waals surface area contributed by atoms with E-state index in [9.17, 15) is 14.4 Å². The highest BCUT2D eigenvalue weighted by Crippen LogP contribution is 2.31. The van der Waals surface area contributed by atoms with Crippen LogP contribution in [0.3, 0.4) is 0 Å². The summed E-state index contributed by atoms with van der Waals surface area (Å²) in [4.78, 5) is 46.6. The normalized spacial score (nSPS) is 15.0. The minimum absolute atomic E-state index is 0.0157. The molecule has 0 fully saturated rings. The summed E-state index contributed by atoms with van der Waals surface area (Å²) in [5.41, 5.74) is 2.11. The lowest BCUT2D eigenvalue weighted by Crippen LogP contribution is -2.46. The van der Waals surface area contributed by atoms with Crippen LogP contribution in [-0.4, -0.2) is 45.4 Å². The zero-order valence-corrected chi connectivity index (χ0v) is 23.1. The molecule has 2 N–H and O–H groups in total. The molecule has 0 unspecified atom stereocenters. The average Bonchev–Trinajstić information content (AvgIpc) is 3.31. The van der Waals surface area contributed by atoms with Gasteiger partial charge in [0.05, 0.1) is 22.8 Å². The van der Waals surface area contributed by atoms with E-state index in [2.05, 4.69) is 10.6 Å². The van der Waals surface area contributed by atoms with Crippen LogP contribution in [0.4, 0.5) is 5.95 Å². The van der Waals surface area contributed by atoms with Gasteiger partial charge < -0.3 is 15.5 Å². The van der Waals surface area contributed by atoms with E-state index in [4.69, 9.17) is 16.6 Å². The lowest BCUT2D eigenvalue weighted by atomic mass is 9.99. The summed E-state index contributed by atoms with van der Waals surface area (Å²) in [6.45, 7) is 6.13. The monoisotopic (exact) mass is 549 g/mol. The number of halogens is 1. The van der Waals surface area contributed by atoms with Gasteiger partial charge in [0.15, 0.2) is 0 Å². The Morgan fingerprint density at radius 2 is 1.87 bits per heavy atom. The van der Waals surface area contributed by atoms with Crippen LogP contribution < -0.4 is 16.2 Å². The van der Waals surface area contributed by atoms with Crippen LogP contribution in [0.5, 0.6) is 0 Å². The van der Waals surface area contributed by atoms with Crippen LogP contribution in [-0.2, 0) is 13.0 Å². The number of aromatic nitrogens is 2. The molecule has 2 aromatic heterocycles. The molecule has 8 nitrogen and oxygen atoms in total. The number of nitrogens with zero attached hydrogens (tertiary/aromatic N) is 3. The molecular weight excluding hydrogens is 522 g/mol. The summed E-state index contributed by atoms with van der Waals surface area (Å²) >= 11 is 7.57. The van der Waals surface area contributed by atoms with E-state index in [-0.39, 0.29) is 36.0 Å². The highest BCUT2D eigenvalue weighted by atomic mass is 35.5. The molecule has 0 spiro atoms. The molecular formula is C28H28ClN5O3S. The Hall–Kier alpha value is -3.69. The number of hydrogen-bond acceptors (Lipinski definition) is 6. The molecule has 1 aliphatic rings. The van der Waals surface area contributed by atoms with E-state index in [1.54, 1.807) is 40.8 Å². The fraction of sp³-hybridized carbons (Fsp3) is 0.286. The number of hydrogen-bond donors (Lipinski definition) is 2. The molecule has 196 valence electrons. The molecule has 4 aromatic rings. The standard InChI is InChI=1S/C28H28ClN5O3S/c1-15(2)31-28-32-22-14-33(27(37)24-13-18-12-19(29)7-10-23(18)38-24)16(3)11-21(22)26(36)34(28)20-8-5-17(6-9-20)25(35)30-4/h5-10,12-13,15-16H,11,14H2,1-4H3,(H,30,35)(H,31,32)/t16-/m1/s1. The Balaban J connectivity index is 1.53. The van der Waals surface area contributed by atoms with Crippen molar-refractivity contribution in [2.24, 2.45) is 0 Å². The van der Waals surface area contributed by atoms with Crippen molar-refractivity contribution >= 4 is 50.8 Å². The van der Waals surface area contributed by atoms with E-state index < -0.39 is 0 Å². The van der Waals surface area contributed by atoms with Crippen LogP contribution in [0.2, 0.25) is 5.02 Å².